The van der Waals surface area contributed by atoms with Gasteiger partial charge in [0, 0.05) is 19.2 Å². The normalized spacial score (nSPS) is 20.9. The Kier molecular flexibility index (Phi) is 6.79. The summed E-state index contributed by atoms with van der Waals surface area (Å²) in [6.45, 7) is -0.927. The largest absolute Gasteiger partial charge is 0.491 e. The Morgan fingerprint density at radius 1 is 1.21 bits per heavy atom. The highest BCUT2D eigenvalue weighted by atomic mass is 32.2. The van der Waals surface area contributed by atoms with Crippen molar-refractivity contribution in [1.29, 1.82) is 0 Å². The molecule has 2 aromatic rings. The van der Waals surface area contributed by atoms with E-state index in [0.29, 0.717) is 6.07 Å². The Balaban J connectivity index is 2.06. The number of hydrogen-bond acceptors (Lipinski definition) is 6. The first-order valence-corrected chi connectivity index (χ1v) is 11.1. The average Bonchev–Trinajstić information content (AvgIpc) is 3.16. The van der Waals surface area contributed by atoms with Crippen molar-refractivity contribution in [2.75, 3.05) is 31.0 Å². The molecule has 0 aromatic heterocycles. The number of methoxy groups -OCH3 is 2. The van der Waals surface area contributed by atoms with Gasteiger partial charge >= 0.3 is 6.18 Å². The molecule has 0 aliphatic carbocycles. The number of sulfonamides is 1. The summed E-state index contributed by atoms with van der Waals surface area (Å²) in [6.07, 6.45) is -5.82. The third-order valence-corrected chi connectivity index (χ3v) is 6.42. The van der Waals surface area contributed by atoms with Crippen LogP contribution in [0.15, 0.2) is 41.3 Å². The van der Waals surface area contributed by atoms with E-state index in [-0.39, 0.29) is 16.3 Å². The Bertz CT molecular complexity index is 1210. The van der Waals surface area contributed by atoms with Crippen LogP contribution in [-0.4, -0.2) is 52.9 Å². The molecule has 3 N–H and O–H groups in total. The van der Waals surface area contributed by atoms with E-state index in [9.17, 15) is 35.2 Å². The molecule has 0 saturated carbocycles. The van der Waals surface area contributed by atoms with Gasteiger partial charge in [0.05, 0.1) is 24.2 Å². The van der Waals surface area contributed by atoms with Crippen molar-refractivity contribution in [3.05, 3.63) is 48.0 Å². The second-order valence-corrected chi connectivity index (χ2v) is 9.08. The molecule has 1 amide bonds. The molecule has 0 bridgehead atoms. The Morgan fingerprint density at radius 3 is 2.44 bits per heavy atom. The predicted molar refractivity (Wildman–Crippen MR) is 111 cm³/mol. The number of ether oxygens (including phenoxy) is 2. The number of anilines is 2. The van der Waals surface area contributed by atoms with Crippen LogP contribution in [0.3, 0.4) is 0 Å². The number of nitrogens with one attached hydrogen (secondary N) is 1. The number of halogens is 5. The first-order chi connectivity index (χ1) is 15.7. The van der Waals surface area contributed by atoms with Crippen LogP contribution in [0.4, 0.5) is 33.3 Å². The molecule has 0 unspecified atom stereocenters. The summed E-state index contributed by atoms with van der Waals surface area (Å²) in [5.41, 5.74) is -3.17. The average molecular weight is 509 g/mol. The van der Waals surface area contributed by atoms with Crippen LogP contribution in [0.2, 0.25) is 0 Å². The molecular weight excluding hydrogens is 489 g/mol. The van der Waals surface area contributed by atoms with Crippen LogP contribution < -0.4 is 20.1 Å². The lowest BCUT2D eigenvalue weighted by molar-refractivity contribution is -0.261. The highest BCUT2D eigenvalue weighted by Crippen LogP contribution is 2.47. The summed E-state index contributed by atoms with van der Waals surface area (Å²) in [5, 5.41) is 7.41. The maximum Gasteiger partial charge on any atom is 0.419 e. The molecule has 1 heterocycles. The highest BCUT2D eigenvalue weighted by molar-refractivity contribution is 7.89. The summed E-state index contributed by atoms with van der Waals surface area (Å²) in [4.78, 5) is 13.6. The van der Waals surface area contributed by atoms with Gasteiger partial charge in [-0.05, 0) is 30.3 Å². The summed E-state index contributed by atoms with van der Waals surface area (Å²) in [5.74, 6) is -4.42. The Hall–Kier alpha value is -2.97. The molecule has 14 heteroatoms. The lowest BCUT2D eigenvalue weighted by Crippen LogP contribution is -2.49. The van der Waals surface area contributed by atoms with Gasteiger partial charge in [0.1, 0.15) is 6.04 Å². The minimum absolute atomic E-state index is 0.0596. The number of amides is 1. The molecular formula is C20H20F5N3O5S. The van der Waals surface area contributed by atoms with Crippen LogP contribution in [0.1, 0.15) is 6.42 Å². The second-order valence-electron chi connectivity index (χ2n) is 7.52. The van der Waals surface area contributed by atoms with Gasteiger partial charge in [-0.2, -0.15) is 17.6 Å². The van der Waals surface area contributed by atoms with Gasteiger partial charge in [-0.15, -0.1) is 0 Å². The SMILES string of the molecule is COc1c(N2C[C@@](OC)(C(F)(F)F)C[C@H]2C(=O)Nc2cccc(S(N)(=O)=O)c2)ccc(F)c1F. The van der Waals surface area contributed by atoms with E-state index in [1.807, 2.05) is 0 Å². The van der Waals surface area contributed by atoms with Gasteiger partial charge in [0.15, 0.2) is 17.2 Å². The van der Waals surface area contributed by atoms with Crippen LogP contribution in [0.5, 0.6) is 5.75 Å². The molecule has 2 atom stereocenters. The van der Waals surface area contributed by atoms with Gasteiger partial charge in [-0.1, -0.05) is 6.07 Å². The second kappa shape index (κ2) is 9.00. The highest BCUT2D eigenvalue weighted by Gasteiger charge is 2.63. The number of hydrogen-bond donors (Lipinski definition) is 2. The summed E-state index contributed by atoms with van der Waals surface area (Å²) in [6, 6.07) is 4.86. The number of rotatable bonds is 6. The first-order valence-electron chi connectivity index (χ1n) is 9.58. The van der Waals surface area contributed by atoms with Crippen LogP contribution in [0, 0.1) is 11.6 Å². The third kappa shape index (κ3) is 4.65. The molecule has 1 fully saturated rings. The summed E-state index contributed by atoms with van der Waals surface area (Å²) >= 11 is 0. The number of alkyl halides is 3. The zero-order chi connectivity index (χ0) is 25.5. The van der Waals surface area contributed by atoms with Crippen LogP contribution in [0.25, 0.3) is 0 Å². The summed E-state index contributed by atoms with van der Waals surface area (Å²) < 4.78 is 103. The van der Waals surface area contributed by atoms with Gasteiger partial charge in [0.25, 0.3) is 0 Å². The molecule has 34 heavy (non-hydrogen) atoms. The van der Waals surface area contributed by atoms with E-state index in [1.165, 1.54) is 18.2 Å². The first kappa shape index (κ1) is 25.6. The van der Waals surface area contributed by atoms with Crippen molar-refractivity contribution in [1.82, 2.24) is 0 Å². The van der Waals surface area contributed by atoms with Crippen molar-refractivity contribution in [3.63, 3.8) is 0 Å². The number of nitrogens with zero attached hydrogens (tertiary/aromatic N) is 1. The quantitative estimate of drug-likeness (QED) is 0.580. The topological polar surface area (TPSA) is 111 Å². The lowest BCUT2D eigenvalue weighted by Gasteiger charge is -2.31. The van der Waals surface area contributed by atoms with E-state index < -0.39 is 64.1 Å². The van der Waals surface area contributed by atoms with Crippen molar-refractivity contribution in [3.8, 4) is 5.75 Å². The Labute approximate surface area is 191 Å². The molecule has 3 rings (SSSR count). The van der Waals surface area contributed by atoms with Gasteiger partial charge in [0.2, 0.25) is 21.7 Å². The zero-order valence-corrected chi connectivity index (χ0v) is 18.6. The van der Waals surface area contributed by atoms with Crippen molar-refractivity contribution < 1.29 is 44.6 Å². The fourth-order valence-electron chi connectivity index (χ4n) is 3.75. The molecule has 1 saturated heterocycles. The van der Waals surface area contributed by atoms with E-state index in [4.69, 9.17) is 14.6 Å². The molecule has 8 nitrogen and oxygen atoms in total. The van der Waals surface area contributed by atoms with Crippen LogP contribution >= 0.6 is 0 Å². The molecule has 186 valence electrons. The minimum atomic E-state index is -4.92. The van der Waals surface area contributed by atoms with E-state index in [1.54, 1.807) is 0 Å². The maximum absolute atomic E-state index is 14.3. The maximum atomic E-state index is 14.3. The third-order valence-electron chi connectivity index (χ3n) is 5.51. The van der Waals surface area contributed by atoms with Gasteiger partial charge in [-0.3, -0.25) is 4.79 Å². The number of primary sulfonamides is 1. The van der Waals surface area contributed by atoms with Gasteiger partial charge < -0.3 is 19.7 Å². The zero-order valence-electron chi connectivity index (χ0n) is 17.8. The van der Waals surface area contributed by atoms with E-state index in [0.717, 1.165) is 31.3 Å². The van der Waals surface area contributed by atoms with E-state index in [2.05, 4.69) is 5.32 Å². The fraction of sp³-hybridized carbons (Fsp3) is 0.350. The fourth-order valence-corrected chi connectivity index (χ4v) is 4.31. The van der Waals surface area contributed by atoms with Crippen LogP contribution in [-0.2, 0) is 19.6 Å². The smallest absolute Gasteiger partial charge is 0.419 e. The monoisotopic (exact) mass is 509 g/mol. The van der Waals surface area contributed by atoms with Crippen molar-refractivity contribution in [2.24, 2.45) is 5.14 Å². The number of carbonyl (C=O) groups excluding carboxylic acids is 1. The van der Waals surface area contributed by atoms with E-state index >= 15 is 0 Å². The molecule has 0 spiro atoms. The molecule has 0 radical (unpaired) electrons. The van der Waals surface area contributed by atoms with Gasteiger partial charge in [-0.25, -0.2) is 17.9 Å². The number of nitrogens with two attached hydrogens (primary N) is 1. The van der Waals surface area contributed by atoms with Crippen molar-refractivity contribution in [2.45, 2.75) is 29.1 Å². The lowest BCUT2D eigenvalue weighted by atomic mass is 9.99. The number of benzene rings is 2. The predicted octanol–water partition coefficient (Wildman–Crippen LogP) is 2.79. The molecule has 1 aliphatic rings. The Morgan fingerprint density at radius 2 is 1.88 bits per heavy atom. The minimum Gasteiger partial charge on any atom is -0.491 e. The molecule has 1 aliphatic heterocycles. The van der Waals surface area contributed by atoms with Crippen molar-refractivity contribution >= 4 is 27.3 Å². The number of carbonyl (C=O) groups is 1. The summed E-state index contributed by atoms with van der Waals surface area (Å²) in [7, 11) is -2.30. The standard InChI is InChI=1S/C20H20F5N3O5S/c1-32-17-14(7-6-13(21)16(17)22)28-10-19(33-2,20(23,24)25)9-15(28)18(29)27-11-4-3-5-12(8-11)34(26,30)31/h3-8,15H,9-10H2,1-2H3,(H,27,29)(H2,26,30,31)/t15-,19+/m0/s1. The molecule has 2 aromatic carbocycles.